The van der Waals surface area contributed by atoms with Gasteiger partial charge in [-0.2, -0.15) is 13.2 Å². The molecule has 15 heteroatoms. The van der Waals surface area contributed by atoms with Crippen LogP contribution in [0.1, 0.15) is 61.9 Å². The molecule has 2 heterocycles. The summed E-state index contributed by atoms with van der Waals surface area (Å²) >= 11 is 0. The summed E-state index contributed by atoms with van der Waals surface area (Å²) in [4.78, 5) is 33.8. The number of aromatic nitrogens is 2. The van der Waals surface area contributed by atoms with Gasteiger partial charge in [0, 0.05) is 42.8 Å². The van der Waals surface area contributed by atoms with Crippen molar-refractivity contribution in [2.75, 3.05) is 29.6 Å². The lowest BCUT2D eigenvalue weighted by atomic mass is 10.1. The molecule has 1 atom stereocenters. The number of alkyl halides is 5. The van der Waals surface area contributed by atoms with Crippen LogP contribution in [0.4, 0.5) is 38.3 Å². The monoisotopic (exact) mass is 591 g/mol. The Kier molecular flexibility index (Phi) is 8.77. The van der Waals surface area contributed by atoms with E-state index in [1.54, 1.807) is 20.8 Å². The molecule has 1 saturated heterocycles. The van der Waals surface area contributed by atoms with Gasteiger partial charge in [0.05, 0.1) is 15.4 Å². The van der Waals surface area contributed by atoms with Crippen molar-refractivity contribution in [3.05, 3.63) is 41.3 Å². The van der Waals surface area contributed by atoms with Gasteiger partial charge in [-0.05, 0) is 52.3 Å². The van der Waals surface area contributed by atoms with Crippen molar-refractivity contribution in [2.24, 2.45) is 4.36 Å². The van der Waals surface area contributed by atoms with Gasteiger partial charge in [0.25, 0.3) is 5.91 Å². The molecular weight excluding hydrogens is 561 g/mol. The normalized spacial score (nSPS) is 17.4. The second-order valence-corrected chi connectivity index (χ2v) is 12.6. The Morgan fingerprint density at radius 2 is 1.80 bits per heavy atom. The van der Waals surface area contributed by atoms with Gasteiger partial charge in [-0.1, -0.05) is 6.07 Å². The molecule has 0 unspecified atom stereocenters. The second kappa shape index (κ2) is 11.3. The molecule has 1 aliphatic rings. The maximum Gasteiger partial charge on any atom is 0.451 e. The van der Waals surface area contributed by atoms with Crippen molar-refractivity contribution in [3.8, 4) is 0 Å². The number of carbonyl (C=O) groups is 2. The fraction of sp³-hybridized carbons (Fsp3) is 0.520. The Balaban J connectivity index is 1.98. The molecule has 0 spiro atoms. The Hall–Kier alpha value is -3.36. The van der Waals surface area contributed by atoms with Crippen LogP contribution in [0.2, 0.25) is 0 Å². The zero-order valence-corrected chi connectivity index (χ0v) is 23.4. The highest BCUT2D eigenvalue weighted by Gasteiger charge is 2.39. The van der Waals surface area contributed by atoms with Crippen LogP contribution in [-0.4, -0.2) is 57.0 Å². The van der Waals surface area contributed by atoms with Crippen molar-refractivity contribution in [1.29, 1.82) is 0 Å². The van der Waals surface area contributed by atoms with Gasteiger partial charge in [0.15, 0.2) is 0 Å². The first-order valence-corrected chi connectivity index (χ1v) is 14.1. The van der Waals surface area contributed by atoms with Gasteiger partial charge in [-0.15, -0.1) is 4.36 Å². The lowest BCUT2D eigenvalue weighted by molar-refractivity contribution is -0.145. The van der Waals surface area contributed by atoms with Gasteiger partial charge in [0.1, 0.15) is 17.0 Å². The van der Waals surface area contributed by atoms with E-state index in [-0.39, 0.29) is 41.4 Å². The van der Waals surface area contributed by atoms with Crippen LogP contribution >= 0.6 is 0 Å². The molecular formula is C25H30F5N5O4S. The highest BCUT2D eigenvalue weighted by molar-refractivity contribution is 7.93. The standard InChI is InChI=1S/C25H30F5N5O4S/c1-15-18(19(33-21(31-15)25(28,29)30)35-12-7-10-24(26,27)11-13-35)20(36)32-16-8-6-9-17(14-16)40(5,38)34-22(37)39-23(2,3)4/h6,8-9,14H,7,10-13H2,1-5H3,(H,32,36)/t40-/m1/s1. The third-order valence-corrected chi connectivity index (χ3v) is 7.37. The number of anilines is 2. The number of halogens is 5. The van der Waals surface area contributed by atoms with Gasteiger partial charge in [-0.3, -0.25) is 4.79 Å². The van der Waals surface area contributed by atoms with E-state index in [9.17, 15) is 35.8 Å². The van der Waals surface area contributed by atoms with Crippen molar-refractivity contribution in [1.82, 2.24) is 9.97 Å². The Morgan fingerprint density at radius 3 is 2.42 bits per heavy atom. The fourth-order valence-corrected chi connectivity index (χ4v) is 5.04. The first kappa shape index (κ1) is 31.2. The van der Waals surface area contributed by atoms with E-state index in [0.29, 0.717) is 0 Å². The first-order chi connectivity index (χ1) is 18.3. The number of nitrogens with zero attached hydrogens (tertiary/aromatic N) is 4. The van der Waals surface area contributed by atoms with Gasteiger partial charge in [0.2, 0.25) is 11.7 Å². The summed E-state index contributed by atoms with van der Waals surface area (Å²) in [7, 11) is -3.31. The lowest BCUT2D eigenvalue weighted by Gasteiger charge is -2.25. The number of benzene rings is 1. The lowest BCUT2D eigenvalue weighted by Crippen LogP contribution is -2.31. The smallest absolute Gasteiger partial charge is 0.442 e. The number of carbonyl (C=O) groups excluding carboxylic acids is 2. The third-order valence-electron chi connectivity index (χ3n) is 5.74. The van der Waals surface area contributed by atoms with E-state index < -0.39 is 63.9 Å². The summed E-state index contributed by atoms with van der Waals surface area (Å²) in [5.74, 6) is -5.81. The molecule has 40 heavy (non-hydrogen) atoms. The van der Waals surface area contributed by atoms with Crippen LogP contribution in [-0.2, 0) is 20.6 Å². The predicted molar refractivity (Wildman–Crippen MR) is 138 cm³/mol. The summed E-state index contributed by atoms with van der Waals surface area (Å²) < 4.78 is 90.3. The van der Waals surface area contributed by atoms with E-state index >= 15 is 0 Å². The quantitative estimate of drug-likeness (QED) is 0.429. The van der Waals surface area contributed by atoms with E-state index in [1.165, 1.54) is 42.3 Å². The second-order valence-electron chi connectivity index (χ2n) is 10.4. The molecule has 220 valence electrons. The number of aryl methyl sites for hydroxylation is 1. The zero-order chi connectivity index (χ0) is 30.1. The molecule has 1 N–H and O–H groups in total. The minimum Gasteiger partial charge on any atom is -0.442 e. The molecule has 2 aromatic rings. The van der Waals surface area contributed by atoms with Crippen LogP contribution in [0.3, 0.4) is 0 Å². The average Bonchev–Trinajstić information content (AvgIpc) is 2.96. The summed E-state index contributed by atoms with van der Waals surface area (Å²) in [6.07, 6.45) is -5.85. The molecule has 9 nitrogen and oxygen atoms in total. The number of hydrogen-bond acceptors (Lipinski definition) is 7. The van der Waals surface area contributed by atoms with Crippen LogP contribution in [0.15, 0.2) is 33.5 Å². The van der Waals surface area contributed by atoms with Crippen LogP contribution in [0, 0.1) is 6.92 Å². The van der Waals surface area contributed by atoms with E-state index in [2.05, 4.69) is 19.6 Å². The maximum atomic E-state index is 14.0. The Bertz CT molecular complexity index is 1420. The predicted octanol–water partition coefficient (Wildman–Crippen LogP) is 6.07. The summed E-state index contributed by atoms with van der Waals surface area (Å²) in [6, 6.07) is 5.57. The third kappa shape index (κ3) is 8.08. The van der Waals surface area contributed by atoms with Crippen LogP contribution in [0.5, 0.6) is 0 Å². The summed E-state index contributed by atoms with van der Waals surface area (Å²) in [6.45, 7) is 5.69. The molecule has 3 rings (SSSR count). The molecule has 1 aliphatic heterocycles. The summed E-state index contributed by atoms with van der Waals surface area (Å²) in [5.41, 5.74) is -1.40. The van der Waals surface area contributed by atoms with E-state index in [0.717, 1.165) is 0 Å². The molecule has 0 aliphatic carbocycles. The SMILES string of the molecule is Cc1nc(C(F)(F)F)nc(N2CCCC(F)(F)CC2)c1C(=O)Nc1cccc([S@@](C)(=O)=NC(=O)OC(C)(C)C)c1. The van der Waals surface area contributed by atoms with Gasteiger partial charge < -0.3 is 15.0 Å². The highest BCUT2D eigenvalue weighted by Crippen LogP contribution is 2.34. The highest BCUT2D eigenvalue weighted by atomic mass is 32.2. The molecule has 1 aromatic heterocycles. The van der Waals surface area contributed by atoms with Crippen molar-refractivity contribution >= 4 is 33.2 Å². The van der Waals surface area contributed by atoms with Gasteiger partial charge in [-0.25, -0.2) is 27.8 Å². The fourth-order valence-electron chi connectivity index (χ4n) is 3.93. The zero-order valence-electron chi connectivity index (χ0n) is 22.6. The molecule has 0 saturated carbocycles. The van der Waals surface area contributed by atoms with Crippen molar-refractivity contribution in [3.63, 3.8) is 0 Å². The Labute approximate surface area is 228 Å². The van der Waals surface area contributed by atoms with Crippen LogP contribution < -0.4 is 10.2 Å². The maximum absolute atomic E-state index is 14.0. The van der Waals surface area contributed by atoms with Crippen molar-refractivity contribution < 1.29 is 40.5 Å². The number of amides is 2. The Morgan fingerprint density at radius 1 is 1.12 bits per heavy atom. The van der Waals surface area contributed by atoms with Gasteiger partial charge >= 0.3 is 12.3 Å². The molecule has 1 fully saturated rings. The average molecular weight is 592 g/mol. The van der Waals surface area contributed by atoms with E-state index in [4.69, 9.17) is 4.74 Å². The number of hydrogen-bond donors (Lipinski definition) is 1. The molecule has 2 amide bonds. The van der Waals surface area contributed by atoms with Crippen molar-refractivity contribution in [2.45, 2.75) is 69.6 Å². The van der Waals surface area contributed by atoms with Crippen LogP contribution in [0.25, 0.3) is 0 Å². The minimum absolute atomic E-state index is 0.0213. The largest absolute Gasteiger partial charge is 0.451 e. The molecule has 1 aromatic carbocycles. The molecule has 0 bridgehead atoms. The van der Waals surface area contributed by atoms with E-state index in [1.807, 2.05) is 0 Å². The topological polar surface area (TPSA) is 114 Å². The first-order valence-electron chi connectivity index (χ1n) is 12.2. The number of ether oxygens (including phenoxy) is 1. The number of rotatable bonds is 4. The minimum atomic E-state index is -4.93. The number of nitrogens with one attached hydrogen (secondary N) is 1. The molecule has 0 radical (unpaired) electrons. The summed E-state index contributed by atoms with van der Waals surface area (Å²) in [5, 5.41) is 2.51.